The molecule has 0 radical (unpaired) electrons. The third kappa shape index (κ3) is 8.30. The fourth-order valence-corrected chi connectivity index (χ4v) is 4.71. The van der Waals surface area contributed by atoms with Gasteiger partial charge in [0.15, 0.2) is 6.04 Å². The lowest BCUT2D eigenvalue weighted by atomic mass is 9.84. The Hall–Kier alpha value is -3.41. The second kappa shape index (κ2) is 13.9. The summed E-state index contributed by atoms with van der Waals surface area (Å²) in [5.74, 6) is -1.32. The van der Waals surface area contributed by atoms with Crippen LogP contribution < -0.4 is 21.3 Å². The number of aromatic nitrogens is 1. The van der Waals surface area contributed by atoms with Gasteiger partial charge in [0.1, 0.15) is 5.82 Å². The number of hydrogen-bond acceptors (Lipinski definition) is 7. The first-order valence-electron chi connectivity index (χ1n) is 13.5. The van der Waals surface area contributed by atoms with Crippen molar-refractivity contribution < 1.29 is 29.4 Å². The van der Waals surface area contributed by atoms with Gasteiger partial charge in [-0.1, -0.05) is 13.0 Å². The van der Waals surface area contributed by atoms with Crippen LogP contribution in [0, 0.1) is 0 Å². The average Bonchev–Trinajstić information content (AvgIpc) is 2.91. The van der Waals surface area contributed by atoms with Crippen LogP contribution in [0.1, 0.15) is 63.1 Å². The summed E-state index contributed by atoms with van der Waals surface area (Å²) in [4.78, 5) is 54.6. The summed E-state index contributed by atoms with van der Waals surface area (Å²) < 4.78 is 0. The van der Waals surface area contributed by atoms with Crippen molar-refractivity contribution in [1.29, 1.82) is 0 Å². The Kier molecular flexibility index (Phi) is 10.7. The first kappa shape index (κ1) is 29.2. The fraction of sp³-hybridized carbons (Fsp3) is 0.654. The maximum atomic E-state index is 12.6. The number of likely N-dealkylation sites (tertiary alicyclic amines) is 1. The highest BCUT2D eigenvalue weighted by Crippen LogP contribution is 2.26. The molecule has 38 heavy (non-hydrogen) atoms. The highest BCUT2D eigenvalue weighted by atomic mass is 16.4. The Labute approximate surface area is 222 Å². The van der Waals surface area contributed by atoms with Crippen LogP contribution in [0.4, 0.5) is 10.6 Å². The Bertz CT molecular complexity index is 994. The zero-order valence-corrected chi connectivity index (χ0v) is 22.1. The molecule has 1 atom stereocenters. The van der Waals surface area contributed by atoms with E-state index in [2.05, 4.69) is 32.3 Å². The number of nitrogens with one attached hydrogen (secondary N) is 4. The maximum absolute atomic E-state index is 12.6. The van der Waals surface area contributed by atoms with E-state index in [1.807, 2.05) is 13.0 Å². The number of piperidine rings is 1. The Morgan fingerprint density at radius 1 is 1.11 bits per heavy atom. The van der Waals surface area contributed by atoms with Crippen LogP contribution in [0.15, 0.2) is 12.1 Å². The van der Waals surface area contributed by atoms with E-state index >= 15 is 0 Å². The van der Waals surface area contributed by atoms with E-state index in [4.69, 9.17) is 0 Å². The molecule has 0 bridgehead atoms. The molecule has 1 aromatic rings. The van der Waals surface area contributed by atoms with Gasteiger partial charge < -0.3 is 36.4 Å². The lowest BCUT2D eigenvalue weighted by Crippen LogP contribution is -2.62. The summed E-state index contributed by atoms with van der Waals surface area (Å²) in [7, 11) is 0. The molecule has 1 aromatic heterocycles. The Morgan fingerprint density at radius 2 is 1.84 bits per heavy atom. The molecule has 1 fully saturated rings. The number of carboxylic acids is 1. The lowest BCUT2D eigenvalue weighted by molar-refractivity contribution is -0.152. The molecule has 12 nitrogen and oxygen atoms in total. The van der Waals surface area contributed by atoms with Crippen molar-refractivity contribution in [2.45, 2.75) is 76.4 Å². The number of aryl methyl sites for hydroxylation is 2. The van der Waals surface area contributed by atoms with Crippen molar-refractivity contribution in [3.05, 3.63) is 23.4 Å². The van der Waals surface area contributed by atoms with E-state index in [0.29, 0.717) is 13.1 Å². The standard InChI is InChI=1S/C26H40N6O6/c1-2-13-27-20(33)9-10-21(34)31-22(24(35)36)26(38)11-16-32(17-12-26)25(37)29-15-4-6-19-8-7-18-5-3-14-28-23(18)30-19/h7-8,22,38H,2-6,9-17H2,1H3,(H,27,33)(H,28,30)(H,29,37)(H,31,34)(H,35,36). The Morgan fingerprint density at radius 3 is 2.55 bits per heavy atom. The van der Waals surface area contributed by atoms with Crippen molar-refractivity contribution in [3.8, 4) is 0 Å². The number of carbonyl (C=O) groups excluding carboxylic acids is 3. The molecule has 210 valence electrons. The second-order valence-electron chi connectivity index (χ2n) is 9.96. The van der Waals surface area contributed by atoms with Gasteiger partial charge in [-0.15, -0.1) is 0 Å². The van der Waals surface area contributed by atoms with Gasteiger partial charge in [-0.2, -0.15) is 0 Å². The molecule has 0 saturated carbocycles. The van der Waals surface area contributed by atoms with Gasteiger partial charge in [-0.05, 0) is 56.6 Å². The number of carboxylic acid groups (broad SMARTS) is 1. The van der Waals surface area contributed by atoms with Crippen molar-refractivity contribution in [3.63, 3.8) is 0 Å². The van der Waals surface area contributed by atoms with Crippen molar-refractivity contribution >= 4 is 29.6 Å². The molecular weight excluding hydrogens is 492 g/mol. The van der Waals surface area contributed by atoms with Gasteiger partial charge in [-0.25, -0.2) is 14.6 Å². The first-order valence-corrected chi connectivity index (χ1v) is 13.5. The molecule has 0 aliphatic carbocycles. The van der Waals surface area contributed by atoms with E-state index < -0.39 is 23.5 Å². The summed E-state index contributed by atoms with van der Waals surface area (Å²) in [5.41, 5.74) is 0.506. The highest BCUT2D eigenvalue weighted by molar-refractivity contribution is 5.87. The normalized spacial score (nSPS) is 16.9. The summed E-state index contributed by atoms with van der Waals surface area (Å²) in [6.07, 6.45) is 4.12. The largest absolute Gasteiger partial charge is 0.480 e. The number of amides is 4. The van der Waals surface area contributed by atoms with Crippen LogP contribution in [0.3, 0.4) is 0 Å². The minimum absolute atomic E-state index is 0.000693. The van der Waals surface area contributed by atoms with Gasteiger partial charge in [0.2, 0.25) is 11.8 Å². The van der Waals surface area contributed by atoms with Crippen LogP contribution in [-0.4, -0.2) is 88.3 Å². The number of nitrogens with zero attached hydrogens (tertiary/aromatic N) is 2. The molecule has 2 aliphatic heterocycles. The van der Waals surface area contributed by atoms with E-state index in [1.165, 1.54) is 10.5 Å². The average molecular weight is 533 g/mol. The molecule has 1 unspecified atom stereocenters. The summed E-state index contributed by atoms with van der Waals surface area (Å²) in [5, 5.41) is 31.9. The van der Waals surface area contributed by atoms with Gasteiger partial charge >= 0.3 is 12.0 Å². The zero-order valence-electron chi connectivity index (χ0n) is 22.1. The molecule has 12 heteroatoms. The van der Waals surface area contributed by atoms with E-state index in [1.54, 1.807) is 0 Å². The summed E-state index contributed by atoms with van der Waals surface area (Å²) >= 11 is 0. The van der Waals surface area contributed by atoms with Crippen molar-refractivity contribution in [2.24, 2.45) is 0 Å². The molecule has 6 N–H and O–H groups in total. The van der Waals surface area contributed by atoms with Gasteiger partial charge in [-0.3, -0.25) is 9.59 Å². The van der Waals surface area contributed by atoms with E-state index in [-0.39, 0.29) is 50.7 Å². The number of urea groups is 1. The number of carbonyl (C=O) groups is 4. The highest BCUT2D eigenvalue weighted by Gasteiger charge is 2.45. The van der Waals surface area contributed by atoms with Crippen LogP contribution in [0.2, 0.25) is 0 Å². The van der Waals surface area contributed by atoms with Crippen molar-refractivity contribution in [1.82, 2.24) is 25.8 Å². The topological polar surface area (TPSA) is 173 Å². The van der Waals surface area contributed by atoms with Crippen LogP contribution in [0.5, 0.6) is 0 Å². The minimum atomic E-state index is -1.70. The number of pyridine rings is 1. The molecule has 3 heterocycles. The molecule has 0 aromatic carbocycles. The van der Waals surface area contributed by atoms with Crippen LogP contribution in [0.25, 0.3) is 0 Å². The smallest absolute Gasteiger partial charge is 0.329 e. The molecule has 0 spiro atoms. The second-order valence-corrected chi connectivity index (χ2v) is 9.96. The summed E-state index contributed by atoms with van der Waals surface area (Å²) in [6.45, 7) is 4.12. The van der Waals surface area contributed by atoms with Crippen LogP contribution in [-0.2, 0) is 27.2 Å². The third-order valence-corrected chi connectivity index (χ3v) is 7.00. The monoisotopic (exact) mass is 532 g/mol. The van der Waals surface area contributed by atoms with E-state index in [0.717, 1.165) is 50.2 Å². The Balaban J connectivity index is 1.40. The predicted molar refractivity (Wildman–Crippen MR) is 141 cm³/mol. The number of hydrogen-bond donors (Lipinski definition) is 6. The molecule has 1 saturated heterocycles. The number of anilines is 1. The zero-order chi connectivity index (χ0) is 27.5. The summed E-state index contributed by atoms with van der Waals surface area (Å²) in [6, 6.07) is 2.32. The number of aliphatic hydroxyl groups is 1. The number of aliphatic carboxylic acids is 1. The first-order chi connectivity index (χ1) is 18.2. The van der Waals surface area contributed by atoms with E-state index in [9.17, 15) is 29.4 Å². The quantitative estimate of drug-likeness (QED) is 0.214. The third-order valence-electron chi connectivity index (χ3n) is 7.00. The lowest BCUT2D eigenvalue weighted by Gasteiger charge is -2.41. The maximum Gasteiger partial charge on any atom is 0.329 e. The number of fused-ring (bicyclic) bond motifs is 1. The predicted octanol–water partition coefficient (Wildman–Crippen LogP) is 0.785. The number of rotatable bonds is 12. The molecule has 4 amide bonds. The van der Waals surface area contributed by atoms with Gasteiger partial charge in [0.25, 0.3) is 0 Å². The van der Waals surface area contributed by atoms with Gasteiger partial charge in [0.05, 0.1) is 5.60 Å². The minimum Gasteiger partial charge on any atom is -0.480 e. The van der Waals surface area contributed by atoms with Crippen LogP contribution >= 0.6 is 0 Å². The SMILES string of the molecule is CCCNC(=O)CCC(=O)NC(C(=O)O)C1(O)CCN(C(=O)NCCCc2ccc3c(n2)NCCC3)CC1. The van der Waals surface area contributed by atoms with Gasteiger partial charge in [0, 0.05) is 51.3 Å². The molecular formula is C26H40N6O6. The van der Waals surface area contributed by atoms with Crippen molar-refractivity contribution in [2.75, 3.05) is 38.0 Å². The fourth-order valence-electron chi connectivity index (χ4n) is 4.71. The molecule has 2 aliphatic rings. The molecule has 3 rings (SSSR count).